The average Bonchev–Trinajstić information content (AvgIpc) is 3.23. The molecule has 4 rings (SSSR count). The average molecular weight is 360 g/mol. The zero-order valence-electron chi connectivity index (χ0n) is 13.5. The van der Waals surface area contributed by atoms with Gasteiger partial charge in [0.05, 0.1) is 10.9 Å². The first-order valence-electron chi connectivity index (χ1n) is 7.94. The van der Waals surface area contributed by atoms with Gasteiger partial charge in [0.1, 0.15) is 17.0 Å². The standard InChI is InChI=1S/C17H16N2O5S/c1-11-9-14(18-24-11)15-3-2-8-19(15)25(21,22)13-5-6-16-12(10-13)4-7-17(20)23-16/h4-7,9-10,15H,2-3,8H2,1H3. The minimum absolute atomic E-state index is 0.168. The van der Waals surface area contributed by atoms with Gasteiger partial charge in [-0.1, -0.05) is 5.16 Å². The minimum atomic E-state index is -3.70. The fourth-order valence-electron chi connectivity index (χ4n) is 3.21. The van der Waals surface area contributed by atoms with E-state index in [-0.39, 0.29) is 10.9 Å². The summed E-state index contributed by atoms with van der Waals surface area (Å²) in [7, 11) is -3.70. The van der Waals surface area contributed by atoms with E-state index in [1.165, 1.54) is 28.6 Å². The number of fused-ring (bicyclic) bond motifs is 1. The second-order valence-electron chi connectivity index (χ2n) is 6.09. The van der Waals surface area contributed by atoms with Crippen LogP contribution in [-0.4, -0.2) is 24.4 Å². The highest BCUT2D eigenvalue weighted by Gasteiger charge is 2.37. The third-order valence-electron chi connectivity index (χ3n) is 4.39. The summed E-state index contributed by atoms with van der Waals surface area (Å²) in [4.78, 5) is 11.4. The molecule has 25 heavy (non-hydrogen) atoms. The first kappa shape index (κ1) is 16.0. The lowest BCUT2D eigenvalue weighted by atomic mass is 10.1. The number of aryl methyl sites for hydroxylation is 1. The Morgan fingerprint density at radius 3 is 2.80 bits per heavy atom. The van der Waals surface area contributed by atoms with E-state index >= 15 is 0 Å². The molecule has 1 atom stereocenters. The van der Waals surface area contributed by atoms with Crippen molar-refractivity contribution < 1.29 is 17.4 Å². The summed E-state index contributed by atoms with van der Waals surface area (Å²) in [6.45, 7) is 2.21. The van der Waals surface area contributed by atoms with Crippen LogP contribution in [0.15, 0.2) is 55.0 Å². The molecule has 1 aliphatic heterocycles. The van der Waals surface area contributed by atoms with Crippen molar-refractivity contribution in [1.82, 2.24) is 9.46 Å². The SMILES string of the molecule is Cc1cc(C2CCCN2S(=O)(=O)c2ccc3oc(=O)ccc3c2)no1. The van der Waals surface area contributed by atoms with Gasteiger partial charge in [0.2, 0.25) is 10.0 Å². The molecular formula is C17H16N2O5S. The van der Waals surface area contributed by atoms with Crippen LogP contribution in [0.2, 0.25) is 0 Å². The number of aromatic nitrogens is 1. The molecule has 1 saturated heterocycles. The molecule has 7 nitrogen and oxygen atoms in total. The van der Waals surface area contributed by atoms with Crippen molar-refractivity contribution in [3.63, 3.8) is 0 Å². The van der Waals surface area contributed by atoms with Gasteiger partial charge in [0.15, 0.2) is 0 Å². The fraction of sp³-hybridized carbons (Fsp3) is 0.294. The molecule has 3 heterocycles. The smallest absolute Gasteiger partial charge is 0.336 e. The van der Waals surface area contributed by atoms with E-state index < -0.39 is 15.6 Å². The number of rotatable bonds is 3. The van der Waals surface area contributed by atoms with E-state index in [0.29, 0.717) is 35.4 Å². The topological polar surface area (TPSA) is 93.6 Å². The molecule has 2 aromatic heterocycles. The maximum absolute atomic E-state index is 13.1. The van der Waals surface area contributed by atoms with E-state index in [1.807, 2.05) is 0 Å². The van der Waals surface area contributed by atoms with E-state index in [2.05, 4.69) is 5.16 Å². The Balaban J connectivity index is 1.75. The summed E-state index contributed by atoms with van der Waals surface area (Å²) in [6, 6.07) is 8.77. The highest BCUT2D eigenvalue weighted by atomic mass is 32.2. The summed E-state index contributed by atoms with van der Waals surface area (Å²) in [6.07, 6.45) is 1.46. The van der Waals surface area contributed by atoms with Crippen molar-refractivity contribution in [2.45, 2.75) is 30.7 Å². The number of nitrogens with zero attached hydrogens (tertiary/aromatic N) is 2. The van der Waals surface area contributed by atoms with Gasteiger partial charge in [-0.25, -0.2) is 13.2 Å². The molecule has 1 fully saturated rings. The lowest BCUT2D eigenvalue weighted by molar-refractivity contribution is 0.349. The van der Waals surface area contributed by atoms with Gasteiger partial charge in [0.25, 0.3) is 0 Å². The molecule has 0 radical (unpaired) electrons. The number of benzene rings is 1. The third kappa shape index (κ3) is 2.77. The minimum Gasteiger partial charge on any atom is -0.423 e. The van der Waals surface area contributed by atoms with Crippen molar-refractivity contribution in [2.75, 3.05) is 6.54 Å². The van der Waals surface area contributed by atoms with Crippen LogP contribution in [0.3, 0.4) is 0 Å². The van der Waals surface area contributed by atoms with Crippen molar-refractivity contribution in [3.8, 4) is 0 Å². The number of sulfonamides is 1. The van der Waals surface area contributed by atoms with Gasteiger partial charge in [-0.15, -0.1) is 0 Å². The largest absolute Gasteiger partial charge is 0.423 e. The molecule has 0 spiro atoms. The molecule has 0 aliphatic carbocycles. The molecule has 1 aliphatic rings. The quantitative estimate of drug-likeness (QED) is 0.667. The molecule has 0 saturated carbocycles. The third-order valence-corrected chi connectivity index (χ3v) is 6.29. The van der Waals surface area contributed by atoms with Crippen LogP contribution in [0, 0.1) is 6.92 Å². The van der Waals surface area contributed by atoms with E-state index in [0.717, 1.165) is 6.42 Å². The molecular weight excluding hydrogens is 344 g/mol. The van der Waals surface area contributed by atoms with Crippen LogP contribution in [-0.2, 0) is 10.0 Å². The first-order valence-corrected chi connectivity index (χ1v) is 9.38. The zero-order valence-corrected chi connectivity index (χ0v) is 14.3. The van der Waals surface area contributed by atoms with Crippen LogP contribution in [0.25, 0.3) is 11.0 Å². The number of hydrogen-bond donors (Lipinski definition) is 0. The van der Waals surface area contributed by atoms with Crippen LogP contribution in [0.1, 0.15) is 30.3 Å². The van der Waals surface area contributed by atoms with Crippen LogP contribution in [0.5, 0.6) is 0 Å². The van der Waals surface area contributed by atoms with Gasteiger partial charge >= 0.3 is 5.63 Å². The molecule has 3 aromatic rings. The monoisotopic (exact) mass is 360 g/mol. The lowest BCUT2D eigenvalue weighted by Crippen LogP contribution is -2.30. The van der Waals surface area contributed by atoms with Gasteiger partial charge in [-0.2, -0.15) is 4.31 Å². The lowest BCUT2D eigenvalue weighted by Gasteiger charge is -2.22. The van der Waals surface area contributed by atoms with E-state index in [4.69, 9.17) is 8.94 Å². The molecule has 1 aromatic carbocycles. The molecule has 0 bridgehead atoms. The summed E-state index contributed by atoms with van der Waals surface area (Å²) in [5.74, 6) is 0.653. The maximum Gasteiger partial charge on any atom is 0.336 e. The van der Waals surface area contributed by atoms with E-state index in [9.17, 15) is 13.2 Å². The van der Waals surface area contributed by atoms with Gasteiger partial charge in [-0.3, -0.25) is 0 Å². The molecule has 130 valence electrons. The maximum atomic E-state index is 13.1. The highest BCUT2D eigenvalue weighted by Crippen LogP contribution is 2.36. The summed E-state index contributed by atoms with van der Waals surface area (Å²) < 4.78 is 37.8. The predicted molar refractivity (Wildman–Crippen MR) is 89.6 cm³/mol. The van der Waals surface area contributed by atoms with Crippen molar-refractivity contribution >= 4 is 21.0 Å². The Morgan fingerprint density at radius 1 is 1.20 bits per heavy atom. The fourth-order valence-corrected chi connectivity index (χ4v) is 4.92. The second-order valence-corrected chi connectivity index (χ2v) is 7.98. The molecule has 8 heteroatoms. The van der Waals surface area contributed by atoms with Gasteiger partial charge < -0.3 is 8.94 Å². The van der Waals surface area contributed by atoms with E-state index in [1.54, 1.807) is 19.1 Å². The normalized spacial score (nSPS) is 18.8. The highest BCUT2D eigenvalue weighted by molar-refractivity contribution is 7.89. The Labute approximate surface area is 143 Å². The number of hydrogen-bond acceptors (Lipinski definition) is 6. The Morgan fingerprint density at radius 2 is 2.04 bits per heavy atom. The predicted octanol–water partition coefficient (Wildman–Crippen LogP) is 2.62. The Hall–Kier alpha value is -2.45. The van der Waals surface area contributed by atoms with Gasteiger partial charge in [0, 0.05) is 24.1 Å². The zero-order chi connectivity index (χ0) is 17.6. The summed E-state index contributed by atoms with van der Waals surface area (Å²) in [5.41, 5.74) is 0.519. The van der Waals surface area contributed by atoms with Crippen LogP contribution >= 0.6 is 0 Å². The second kappa shape index (κ2) is 5.82. The van der Waals surface area contributed by atoms with Crippen molar-refractivity contribution in [3.05, 3.63) is 58.3 Å². The summed E-state index contributed by atoms with van der Waals surface area (Å²) in [5, 5.41) is 4.55. The summed E-state index contributed by atoms with van der Waals surface area (Å²) >= 11 is 0. The Bertz CT molecular complexity index is 1100. The Kier molecular flexibility index (Phi) is 3.73. The first-order chi connectivity index (χ1) is 11.9. The van der Waals surface area contributed by atoms with Crippen LogP contribution < -0.4 is 5.63 Å². The van der Waals surface area contributed by atoms with Crippen molar-refractivity contribution in [1.29, 1.82) is 0 Å². The molecule has 1 unspecified atom stereocenters. The molecule has 0 N–H and O–H groups in total. The van der Waals surface area contributed by atoms with Gasteiger partial charge in [-0.05, 0) is 44.0 Å². The van der Waals surface area contributed by atoms with Crippen LogP contribution in [0.4, 0.5) is 0 Å². The van der Waals surface area contributed by atoms with Crippen molar-refractivity contribution in [2.24, 2.45) is 0 Å². The molecule has 0 amide bonds.